The summed E-state index contributed by atoms with van der Waals surface area (Å²) in [5.74, 6) is -0.171. The number of hydrogen-bond donors (Lipinski definition) is 1. The summed E-state index contributed by atoms with van der Waals surface area (Å²) in [5.41, 5.74) is 2.37. The summed E-state index contributed by atoms with van der Waals surface area (Å²) in [7, 11) is 0. The number of benzene rings is 1. The standard InChI is InChI=1S/C18H25NO2/c1-17(2,3)14-6-4-13(5-7-14)11-19-9-8-15-10-18(15,12-19)16(20)21/h4-7,15H,8-12H2,1-3H3,(H,20,21). The maximum absolute atomic E-state index is 11.4. The summed E-state index contributed by atoms with van der Waals surface area (Å²) in [6, 6.07) is 8.78. The highest BCUT2D eigenvalue weighted by Gasteiger charge is 2.62. The SMILES string of the molecule is CC(C)(C)c1ccc(CN2CCC3CC3(C(=O)O)C2)cc1. The minimum absolute atomic E-state index is 0.179. The zero-order chi connectivity index (χ0) is 15.3. The molecule has 1 heterocycles. The third-order valence-corrected chi connectivity index (χ3v) is 5.18. The lowest BCUT2D eigenvalue weighted by Gasteiger charge is -2.30. The van der Waals surface area contributed by atoms with E-state index in [-0.39, 0.29) is 5.41 Å². The Bertz CT molecular complexity index is 543. The van der Waals surface area contributed by atoms with Crippen LogP contribution in [0, 0.1) is 11.3 Å². The highest BCUT2D eigenvalue weighted by molar-refractivity contribution is 5.79. The molecule has 1 saturated heterocycles. The van der Waals surface area contributed by atoms with E-state index in [1.165, 1.54) is 11.1 Å². The molecule has 1 aromatic carbocycles. The average Bonchev–Trinajstić information content (AvgIpc) is 3.13. The molecule has 2 atom stereocenters. The highest BCUT2D eigenvalue weighted by atomic mass is 16.4. The third kappa shape index (κ3) is 2.71. The van der Waals surface area contributed by atoms with Gasteiger partial charge >= 0.3 is 5.97 Å². The molecule has 3 nitrogen and oxygen atoms in total. The van der Waals surface area contributed by atoms with Gasteiger partial charge in [0.25, 0.3) is 0 Å². The number of carboxylic acid groups (broad SMARTS) is 1. The molecule has 21 heavy (non-hydrogen) atoms. The first-order valence-corrected chi connectivity index (χ1v) is 7.86. The zero-order valence-corrected chi connectivity index (χ0v) is 13.2. The van der Waals surface area contributed by atoms with Gasteiger partial charge in [0.1, 0.15) is 0 Å². The van der Waals surface area contributed by atoms with Crippen LogP contribution in [0.15, 0.2) is 24.3 Å². The lowest BCUT2D eigenvalue weighted by Crippen LogP contribution is -2.40. The van der Waals surface area contributed by atoms with Gasteiger partial charge < -0.3 is 5.11 Å². The van der Waals surface area contributed by atoms with E-state index in [2.05, 4.69) is 49.9 Å². The van der Waals surface area contributed by atoms with Crippen LogP contribution in [0.1, 0.15) is 44.7 Å². The molecule has 1 aromatic rings. The topological polar surface area (TPSA) is 40.5 Å². The van der Waals surface area contributed by atoms with Crippen LogP contribution in [0.4, 0.5) is 0 Å². The summed E-state index contributed by atoms with van der Waals surface area (Å²) in [5, 5.41) is 9.42. The molecule has 1 aliphatic carbocycles. The summed E-state index contributed by atoms with van der Waals surface area (Å²) >= 11 is 0. The molecule has 0 amide bonds. The van der Waals surface area contributed by atoms with E-state index >= 15 is 0 Å². The summed E-state index contributed by atoms with van der Waals surface area (Å²) in [6.45, 7) is 9.27. The second-order valence-electron chi connectivity index (χ2n) is 7.81. The minimum atomic E-state index is -0.597. The van der Waals surface area contributed by atoms with Gasteiger partial charge in [-0.1, -0.05) is 45.0 Å². The second kappa shape index (κ2) is 4.84. The number of carboxylic acids is 1. The Morgan fingerprint density at radius 3 is 2.57 bits per heavy atom. The molecule has 2 fully saturated rings. The third-order valence-electron chi connectivity index (χ3n) is 5.18. The normalized spacial score (nSPS) is 29.0. The second-order valence-corrected chi connectivity index (χ2v) is 7.81. The monoisotopic (exact) mass is 287 g/mol. The van der Waals surface area contributed by atoms with Crippen LogP contribution < -0.4 is 0 Å². The van der Waals surface area contributed by atoms with Gasteiger partial charge in [-0.05, 0) is 41.8 Å². The van der Waals surface area contributed by atoms with Crippen molar-refractivity contribution >= 4 is 5.97 Å². The fourth-order valence-electron chi connectivity index (χ4n) is 3.60. The van der Waals surface area contributed by atoms with Crippen molar-refractivity contribution in [2.24, 2.45) is 11.3 Å². The number of piperidine rings is 1. The summed E-state index contributed by atoms with van der Waals surface area (Å²) in [6.07, 6.45) is 1.91. The van der Waals surface area contributed by atoms with Crippen molar-refractivity contribution in [3.8, 4) is 0 Å². The number of hydrogen-bond acceptors (Lipinski definition) is 2. The molecule has 0 spiro atoms. The predicted molar refractivity (Wildman–Crippen MR) is 83.2 cm³/mol. The molecule has 2 unspecified atom stereocenters. The smallest absolute Gasteiger partial charge is 0.311 e. The maximum Gasteiger partial charge on any atom is 0.311 e. The van der Waals surface area contributed by atoms with E-state index in [0.717, 1.165) is 25.9 Å². The van der Waals surface area contributed by atoms with Gasteiger partial charge in [-0.2, -0.15) is 0 Å². The van der Waals surface area contributed by atoms with Crippen molar-refractivity contribution in [2.45, 2.75) is 45.6 Å². The van der Waals surface area contributed by atoms with E-state index < -0.39 is 11.4 Å². The molecular weight excluding hydrogens is 262 g/mol. The number of aliphatic carboxylic acids is 1. The number of nitrogens with zero attached hydrogens (tertiary/aromatic N) is 1. The van der Waals surface area contributed by atoms with Crippen LogP contribution in [0.5, 0.6) is 0 Å². The summed E-state index contributed by atoms with van der Waals surface area (Å²) in [4.78, 5) is 13.8. The molecule has 0 radical (unpaired) electrons. The minimum Gasteiger partial charge on any atom is -0.481 e. The van der Waals surface area contributed by atoms with Crippen LogP contribution in [0.3, 0.4) is 0 Å². The zero-order valence-electron chi connectivity index (χ0n) is 13.2. The van der Waals surface area contributed by atoms with Crippen molar-refractivity contribution in [3.63, 3.8) is 0 Å². The van der Waals surface area contributed by atoms with Crippen LogP contribution in [-0.2, 0) is 16.8 Å². The van der Waals surface area contributed by atoms with E-state index in [0.29, 0.717) is 12.5 Å². The van der Waals surface area contributed by atoms with Crippen LogP contribution in [0.25, 0.3) is 0 Å². The first-order chi connectivity index (χ1) is 9.81. The van der Waals surface area contributed by atoms with Crippen molar-refractivity contribution in [1.82, 2.24) is 4.90 Å². The quantitative estimate of drug-likeness (QED) is 0.927. The van der Waals surface area contributed by atoms with Crippen LogP contribution >= 0.6 is 0 Å². The van der Waals surface area contributed by atoms with E-state index in [1.54, 1.807) is 0 Å². The van der Waals surface area contributed by atoms with Gasteiger partial charge in [0.05, 0.1) is 5.41 Å². The number of rotatable bonds is 3. The van der Waals surface area contributed by atoms with Crippen molar-refractivity contribution < 1.29 is 9.90 Å². The Morgan fingerprint density at radius 2 is 2.00 bits per heavy atom. The highest BCUT2D eigenvalue weighted by Crippen LogP contribution is 2.57. The van der Waals surface area contributed by atoms with Crippen molar-refractivity contribution in [1.29, 1.82) is 0 Å². The molecule has 2 aliphatic rings. The number of likely N-dealkylation sites (tertiary alicyclic amines) is 1. The van der Waals surface area contributed by atoms with Gasteiger partial charge in [0, 0.05) is 13.1 Å². The largest absolute Gasteiger partial charge is 0.481 e. The maximum atomic E-state index is 11.4. The molecule has 3 rings (SSSR count). The lowest BCUT2D eigenvalue weighted by molar-refractivity contribution is -0.145. The Balaban J connectivity index is 1.66. The Labute approximate surface area is 127 Å². The lowest BCUT2D eigenvalue weighted by atomic mass is 9.86. The van der Waals surface area contributed by atoms with Gasteiger partial charge in [0.15, 0.2) is 0 Å². The Hall–Kier alpha value is -1.35. The van der Waals surface area contributed by atoms with Crippen molar-refractivity contribution in [2.75, 3.05) is 13.1 Å². The molecule has 0 aromatic heterocycles. The van der Waals surface area contributed by atoms with E-state index in [1.807, 2.05) is 0 Å². The fourth-order valence-corrected chi connectivity index (χ4v) is 3.60. The number of fused-ring (bicyclic) bond motifs is 1. The van der Waals surface area contributed by atoms with Gasteiger partial charge in [-0.3, -0.25) is 9.69 Å². The molecule has 114 valence electrons. The fraction of sp³-hybridized carbons (Fsp3) is 0.611. The van der Waals surface area contributed by atoms with Crippen molar-refractivity contribution in [3.05, 3.63) is 35.4 Å². The number of carbonyl (C=O) groups is 1. The van der Waals surface area contributed by atoms with Gasteiger partial charge in [-0.25, -0.2) is 0 Å². The predicted octanol–water partition coefficient (Wildman–Crippen LogP) is 3.28. The molecule has 1 saturated carbocycles. The van der Waals surface area contributed by atoms with Gasteiger partial charge in [-0.15, -0.1) is 0 Å². The van der Waals surface area contributed by atoms with Gasteiger partial charge in [0.2, 0.25) is 0 Å². The molecule has 0 bridgehead atoms. The Morgan fingerprint density at radius 1 is 1.33 bits per heavy atom. The molecule has 3 heteroatoms. The van der Waals surface area contributed by atoms with E-state index in [4.69, 9.17) is 0 Å². The van der Waals surface area contributed by atoms with E-state index in [9.17, 15) is 9.90 Å². The molecule has 1 aliphatic heterocycles. The Kier molecular flexibility index (Phi) is 3.36. The van der Waals surface area contributed by atoms with Crippen LogP contribution in [0.2, 0.25) is 0 Å². The first kappa shape index (κ1) is 14.6. The first-order valence-electron chi connectivity index (χ1n) is 7.86. The molecule has 1 N–H and O–H groups in total. The average molecular weight is 287 g/mol. The summed E-state index contributed by atoms with van der Waals surface area (Å²) < 4.78 is 0. The molecular formula is C18H25NO2. The van der Waals surface area contributed by atoms with Crippen LogP contribution in [-0.4, -0.2) is 29.1 Å².